The standard InChI is InChI=1S/C24H26N8O2S/c1-3-19-23-29-27-15-31(23)20-14-26-24(28-22(20)32(19)17-6-4-5-7-17)30-13-12-25-21(30)16-8-10-18(11-9-16)35(2,33)34/h8-15,17,19H,3-7H2,1-2H3. The third-order valence-electron chi connectivity index (χ3n) is 6.95. The topological polar surface area (TPSA) is 112 Å². The van der Waals surface area contributed by atoms with Crippen molar-refractivity contribution < 1.29 is 8.42 Å². The van der Waals surface area contributed by atoms with E-state index in [1.807, 2.05) is 21.5 Å². The average Bonchev–Trinajstić information content (AvgIpc) is 3.64. The molecule has 0 radical (unpaired) electrons. The van der Waals surface area contributed by atoms with Gasteiger partial charge < -0.3 is 4.90 Å². The van der Waals surface area contributed by atoms with Gasteiger partial charge in [-0.05, 0) is 43.5 Å². The van der Waals surface area contributed by atoms with Crippen LogP contribution in [-0.2, 0) is 9.84 Å². The first-order valence-electron chi connectivity index (χ1n) is 11.9. The Labute approximate surface area is 203 Å². The zero-order chi connectivity index (χ0) is 24.2. The number of sulfone groups is 1. The predicted octanol–water partition coefficient (Wildman–Crippen LogP) is 3.53. The lowest BCUT2D eigenvalue weighted by Gasteiger charge is -2.40. The lowest BCUT2D eigenvalue weighted by atomic mass is 10.0. The van der Waals surface area contributed by atoms with Gasteiger partial charge >= 0.3 is 0 Å². The van der Waals surface area contributed by atoms with E-state index < -0.39 is 9.84 Å². The molecule has 0 bridgehead atoms. The Balaban J connectivity index is 1.46. The summed E-state index contributed by atoms with van der Waals surface area (Å²) in [4.78, 5) is 17.0. The summed E-state index contributed by atoms with van der Waals surface area (Å²) in [7, 11) is -3.27. The molecular formula is C24H26N8O2S. The van der Waals surface area contributed by atoms with Crippen molar-refractivity contribution in [2.45, 2.75) is 56.0 Å². The van der Waals surface area contributed by atoms with Gasteiger partial charge in [-0.1, -0.05) is 19.8 Å². The van der Waals surface area contributed by atoms with Crippen molar-refractivity contribution in [1.82, 2.24) is 34.3 Å². The zero-order valence-corrected chi connectivity index (χ0v) is 20.4. The Morgan fingerprint density at radius 1 is 1.06 bits per heavy atom. The molecule has 1 aliphatic carbocycles. The maximum Gasteiger partial charge on any atom is 0.237 e. The second-order valence-electron chi connectivity index (χ2n) is 9.12. The summed E-state index contributed by atoms with van der Waals surface area (Å²) in [6.07, 6.45) is 13.9. The molecule has 11 heteroatoms. The van der Waals surface area contributed by atoms with Crippen molar-refractivity contribution in [2.75, 3.05) is 11.2 Å². The minimum atomic E-state index is -3.27. The van der Waals surface area contributed by atoms with Crippen LogP contribution in [0.3, 0.4) is 0 Å². The molecule has 1 atom stereocenters. The smallest absolute Gasteiger partial charge is 0.237 e. The third kappa shape index (κ3) is 3.61. The van der Waals surface area contributed by atoms with Crippen LogP contribution in [0.5, 0.6) is 0 Å². The van der Waals surface area contributed by atoms with E-state index in [0.29, 0.717) is 17.8 Å². The van der Waals surface area contributed by atoms with Crippen LogP contribution in [0.15, 0.2) is 54.1 Å². The summed E-state index contributed by atoms with van der Waals surface area (Å²) < 4.78 is 27.6. The molecule has 0 amide bonds. The molecule has 0 N–H and O–H groups in total. The van der Waals surface area contributed by atoms with E-state index in [0.717, 1.165) is 42.2 Å². The number of hydrogen-bond acceptors (Lipinski definition) is 8. The number of benzene rings is 1. The first-order valence-corrected chi connectivity index (χ1v) is 13.7. The van der Waals surface area contributed by atoms with E-state index in [1.54, 1.807) is 36.8 Å². The lowest BCUT2D eigenvalue weighted by Crippen LogP contribution is -2.42. The first kappa shape index (κ1) is 21.9. The molecule has 4 heterocycles. The monoisotopic (exact) mass is 490 g/mol. The van der Waals surface area contributed by atoms with Crippen molar-refractivity contribution in [3.05, 3.63) is 55.0 Å². The summed E-state index contributed by atoms with van der Waals surface area (Å²) in [5.41, 5.74) is 1.66. The highest BCUT2D eigenvalue weighted by molar-refractivity contribution is 7.90. The Morgan fingerprint density at radius 3 is 2.54 bits per heavy atom. The van der Waals surface area contributed by atoms with Gasteiger partial charge in [0.05, 0.1) is 17.1 Å². The molecule has 180 valence electrons. The molecule has 4 aromatic rings. The van der Waals surface area contributed by atoms with Crippen LogP contribution in [0.4, 0.5) is 5.82 Å². The normalized spacial score (nSPS) is 18.0. The number of imidazole rings is 1. The quantitative estimate of drug-likeness (QED) is 0.418. The van der Waals surface area contributed by atoms with E-state index >= 15 is 0 Å². The average molecular weight is 491 g/mol. The van der Waals surface area contributed by atoms with Crippen molar-refractivity contribution in [1.29, 1.82) is 0 Å². The third-order valence-corrected chi connectivity index (χ3v) is 8.08. The maximum absolute atomic E-state index is 11.9. The molecule has 6 rings (SSSR count). The summed E-state index contributed by atoms with van der Waals surface area (Å²) in [6, 6.07) is 7.21. The van der Waals surface area contributed by atoms with Crippen LogP contribution in [0.25, 0.3) is 23.0 Å². The van der Waals surface area contributed by atoms with Crippen LogP contribution in [0.1, 0.15) is 50.9 Å². The number of aromatic nitrogens is 7. The summed E-state index contributed by atoms with van der Waals surface area (Å²) in [5.74, 6) is 2.97. The van der Waals surface area contributed by atoms with Gasteiger partial charge in [0, 0.05) is 30.3 Å². The SMILES string of the molecule is CCC1c2nncn2-c2cnc(-n3ccnc3-c3ccc(S(C)(=O)=O)cc3)nc2N1C1CCCC1. The molecule has 1 fully saturated rings. The first-order chi connectivity index (χ1) is 17.0. The van der Waals surface area contributed by atoms with Gasteiger partial charge in [0.15, 0.2) is 21.5 Å². The predicted molar refractivity (Wildman–Crippen MR) is 130 cm³/mol. The van der Waals surface area contributed by atoms with Crippen LogP contribution < -0.4 is 4.90 Å². The second kappa shape index (κ2) is 8.26. The van der Waals surface area contributed by atoms with E-state index in [2.05, 4.69) is 32.0 Å². The number of nitrogens with zero attached hydrogens (tertiary/aromatic N) is 8. The summed E-state index contributed by atoms with van der Waals surface area (Å²) in [6.45, 7) is 2.17. The van der Waals surface area contributed by atoms with Gasteiger partial charge in [-0.2, -0.15) is 4.98 Å². The molecule has 1 aromatic carbocycles. The molecule has 3 aromatic heterocycles. The van der Waals surface area contributed by atoms with Crippen molar-refractivity contribution in [2.24, 2.45) is 0 Å². The van der Waals surface area contributed by atoms with E-state index in [1.165, 1.54) is 19.1 Å². The van der Waals surface area contributed by atoms with Crippen molar-refractivity contribution >= 4 is 15.7 Å². The fourth-order valence-corrected chi connectivity index (χ4v) is 5.91. The number of hydrogen-bond donors (Lipinski definition) is 0. The Kier molecular flexibility index (Phi) is 5.17. The lowest BCUT2D eigenvalue weighted by molar-refractivity contribution is 0.468. The van der Waals surface area contributed by atoms with Crippen LogP contribution in [0, 0.1) is 0 Å². The molecule has 1 unspecified atom stereocenters. The highest BCUT2D eigenvalue weighted by atomic mass is 32.2. The Bertz CT molecular complexity index is 1490. The molecule has 0 spiro atoms. The number of rotatable bonds is 5. The van der Waals surface area contributed by atoms with Crippen LogP contribution >= 0.6 is 0 Å². The molecule has 1 saturated carbocycles. The molecule has 2 aliphatic rings. The van der Waals surface area contributed by atoms with Gasteiger partial charge in [0.2, 0.25) is 5.95 Å². The fraction of sp³-hybridized carbons (Fsp3) is 0.375. The Hall–Kier alpha value is -3.60. The molecule has 35 heavy (non-hydrogen) atoms. The molecule has 10 nitrogen and oxygen atoms in total. The van der Waals surface area contributed by atoms with Crippen LogP contribution in [0.2, 0.25) is 0 Å². The highest BCUT2D eigenvalue weighted by Crippen LogP contribution is 2.42. The van der Waals surface area contributed by atoms with Crippen molar-refractivity contribution in [3.8, 4) is 23.0 Å². The molecule has 1 aliphatic heterocycles. The minimum Gasteiger partial charge on any atom is -0.341 e. The van der Waals surface area contributed by atoms with E-state index in [9.17, 15) is 8.42 Å². The van der Waals surface area contributed by atoms with Crippen molar-refractivity contribution in [3.63, 3.8) is 0 Å². The number of fused-ring (bicyclic) bond motifs is 3. The van der Waals surface area contributed by atoms with Gasteiger partial charge in [-0.15, -0.1) is 10.2 Å². The molecular weight excluding hydrogens is 464 g/mol. The van der Waals surface area contributed by atoms with E-state index in [4.69, 9.17) is 4.98 Å². The van der Waals surface area contributed by atoms with Gasteiger partial charge in [-0.25, -0.2) is 18.4 Å². The number of anilines is 1. The zero-order valence-electron chi connectivity index (χ0n) is 19.6. The van der Waals surface area contributed by atoms with E-state index in [-0.39, 0.29) is 10.9 Å². The van der Waals surface area contributed by atoms with Gasteiger partial charge in [-0.3, -0.25) is 9.13 Å². The highest BCUT2D eigenvalue weighted by Gasteiger charge is 2.38. The second-order valence-corrected chi connectivity index (χ2v) is 11.1. The van der Waals surface area contributed by atoms with Gasteiger partial charge in [0.1, 0.15) is 17.8 Å². The maximum atomic E-state index is 11.9. The van der Waals surface area contributed by atoms with Crippen LogP contribution in [-0.4, -0.2) is 55.0 Å². The fourth-order valence-electron chi connectivity index (χ4n) is 5.28. The molecule has 0 saturated heterocycles. The summed E-state index contributed by atoms with van der Waals surface area (Å²) >= 11 is 0. The minimum absolute atomic E-state index is 0.0987. The largest absolute Gasteiger partial charge is 0.341 e. The van der Waals surface area contributed by atoms with Gasteiger partial charge in [0.25, 0.3) is 0 Å². The summed E-state index contributed by atoms with van der Waals surface area (Å²) in [5, 5.41) is 8.62. The Morgan fingerprint density at radius 2 is 1.83 bits per heavy atom.